The number of anilines is 3. The molecule has 0 saturated carbocycles. The molecule has 216 valence electrons. The fraction of sp³-hybridized carbons (Fsp3) is 0.533. The molecule has 0 bridgehead atoms. The molecule has 0 aromatic heterocycles. The van der Waals surface area contributed by atoms with Crippen molar-refractivity contribution in [3.05, 3.63) is 40.9 Å². The van der Waals surface area contributed by atoms with E-state index in [9.17, 15) is 10.1 Å². The molecule has 10 heteroatoms. The van der Waals surface area contributed by atoms with E-state index in [1.807, 2.05) is 51.4 Å². The number of hydrogen-bond donors (Lipinski definition) is 4. The number of nitriles is 1. The molecule has 4 N–H and O–H groups in total. The maximum atomic E-state index is 12.7. The average molecular weight is 569 g/mol. The first kappa shape index (κ1) is 29.8. The Balaban J connectivity index is 1.52. The van der Waals surface area contributed by atoms with Gasteiger partial charge in [-0.3, -0.25) is 4.79 Å². The van der Waals surface area contributed by atoms with Crippen molar-refractivity contribution < 1.29 is 14.3 Å². The number of carbonyl (C=O) groups excluding carboxylic acids is 1. The summed E-state index contributed by atoms with van der Waals surface area (Å²) < 4.78 is 11.9. The van der Waals surface area contributed by atoms with Crippen molar-refractivity contribution in [2.24, 2.45) is 5.92 Å². The third-order valence-corrected chi connectivity index (χ3v) is 7.55. The second kappa shape index (κ2) is 14.4. The highest BCUT2D eigenvalue weighted by molar-refractivity contribution is 6.32. The predicted octanol–water partition coefficient (Wildman–Crippen LogP) is 5.26. The lowest BCUT2D eigenvalue weighted by molar-refractivity contribution is -0.116. The molecule has 1 fully saturated rings. The van der Waals surface area contributed by atoms with E-state index in [4.69, 9.17) is 21.1 Å². The van der Waals surface area contributed by atoms with Gasteiger partial charge in [0.05, 0.1) is 35.3 Å². The molecule has 2 aliphatic rings. The minimum Gasteiger partial charge on any atom is -0.492 e. The van der Waals surface area contributed by atoms with Crippen LogP contribution in [-0.2, 0) is 4.79 Å². The van der Waals surface area contributed by atoms with Gasteiger partial charge in [-0.1, -0.05) is 18.0 Å². The van der Waals surface area contributed by atoms with Crippen LogP contribution in [0.5, 0.6) is 11.5 Å². The minimum absolute atomic E-state index is 0.0707. The van der Waals surface area contributed by atoms with Gasteiger partial charge in [0.15, 0.2) is 0 Å². The van der Waals surface area contributed by atoms with Crippen LogP contribution >= 0.6 is 11.6 Å². The van der Waals surface area contributed by atoms with Gasteiger partial charge in [0.1, 0.15) is 18.1 Å². The smallest absolute Gasteiger partial charge is 0.224 e. The Kier molecular flexibility index (Phi) is 10.8. The molecular weight excluding hydrogens is 528 g/mol. The van der Waals surface area contributed by atoms with Gasteiger partial charge in [-0.2, -0.15) is 5.26 Å². The lowest BCUT2D eigenvalue weighted by Gasteiger charge is -2.33. The number of benzene rings is 2. The van der Waals surface area contributed by atoms with Gasteiger partial charge in [0.25, 0.3) is 0 Å². The van der Waals surface area contributed by atoms with Gasteiger partial charge in [0, 0.05) is 42.0 Å². The zero-order chi connectivity index (χ0) is 28.5. The maximum absolute atomic E-state index is 12.7. The number of piperidine rings is 1. The predicted molar refractivity (Wildman–Crippen MR) is 161 cm³/mol. The van der Waals surface area contributed by atoms with Gasteiger partial charge < -0.3 is 35.6 Å². The Labute approximate surface area is 242 Å². The molecule has 9 nitrogen and oxygen atoms in total. The molecule has 0 spiro atoms. The minimum atomic E-state index is -0.346. The van der Waals surface area contributed by atoms with Crippen LogP contribution in [0.25, 0.3) is 0 Å². The number of carbonyl (C=O) groups is 1. The van der Waals surface area contributed by atoms with Crippen LogP contribution in [0.15, 0.2) is 30.3 Å². The first-order valence-electron chi connectivity index (χ1n) is 14.2. The normalized spacial score (nSPS) is 20.1. The van der Waals surface area contributed by atoms with Crippen molar-refractivity contribution in [3.8, 4) is 17.6 Å². The average Bonchev–Trinajstić information content (AvgIpc) is 2.94. The number of fused-ring (bicyclic) bond motifs is 1. The summed E-state index contributed by atoms with van der Waals surface area (Å²) in [6, 6.07) is 11.9. The van der Waals surface area contributed by atoms with Crippen molar-refractivity contribution in [2.45, 2.75) is 51.1 Å². The molecule has 0 aliphatic carbocycles. The molecule has 4 rings (SSSR count). The Bertz CT molecular complexity index is 1190. The quantitative estimate of drug-likeness (QED) is 0.274. The summed E-state index contributed by atoms with van der Waals surface area (Å²) >= 11 is 6.60. The monoisotopic (exact) mass is 568 g/mol. The van der Waals surface area contributed by atoms with E-state index in [0.717, 1.165) is 42.9 Å². The van der Waals surface area contributed by atoms with E-state index in [1.165, 1.54) is 12.8 Å². The highest BCUT2D eigenvalue weighted by Crippen LogP contribution is 2.42. The van der Waals surface area contributed by atoms with E-state index in [-0.39, 0.29) is 17.9 Å². The van der Waals surface area contributed by atoms with Crippen LogP contribution in [0.1, 0.15) is 50.6 Å². The Hall–Kier alpha value is -3.19. The zero-order valence-electron chi connectivity index (χ0n) is 23.7. The molecule has 3 atom stereocenters. The van der Waals surface area contributed by atoms with E-state index < -0.39 is 0 Å². The summed E-state index contributed by atoms with van der Waals surface area (Å²) in [6.07, 6.45) is 4.69. The second-order valence-corrected chi connectivity index (χ2v) is 11.1. The summed E-state index contributed by atoms with van der Waals surface area (Å²) in [5.41, 5.74) is 3.13. The van der Waals surface area contributed by atoms with Crippen molar-refractivity contribution in [1.29, 1.82) is 5.26 Å². The molecule has 2 aliphatic heterocycles. The maximum Gasteiger partial charge on any atom is 0.224 e. The summed E-state index contributed by atoms with van der Waals surface area (Å²) in [5, 5.41) is 23.9. The van der Waals surface area contributed by atoms with Gasteiger partial charge in [-0.25, -0.2) is 0 Å². The highest BCUT2D eigenvalue weighted by atomic mass is 35.5. The van der Waals surface area contributed by atoms with Crippen LogP contribution in [0.4, 0.5) is 17.1 Å². The first-order valence-corrected chi connectivity index (χ1v) is 14.6. The van der Waals surface area contributed by atoms with Crippen LogP contribution in [0, 0.1) is 17.2 Å². The Morgan fingerprint density at radius 1 is 1.20 bits per heavy atom. The van der Waals surface area contributed by atoms with Gasteiger partial charge in [0.2, 0.25) is 5.91 Å². The fourth-order valence-electron chi connectivity index (χ4n) is 5.14. The number of rotatable bonds is 12. The second-order valence-electron chi connectivity index (χ2n) is 10.7. The Morgan fingerprint density at radius 2 is 2.05 bits per heavy atom. The summed E-state index contributed by atoms with van der Waals surface area (Å²) in [5.74, 6) is 0.823. The fourth-order valence-corrected chi connectivity index (χ4v) is 5.38. The zero-order valence-corrected chi connectivity index (χ0v) is 24.4. The molecule has 40 heavy (non-hydrogen) atoms. The molecule has 2 heterocycles. The number of nitrogens with zero attached hydrogens (tertiary/aromatic N) is 2. The topological polar surface area (TPSA) is 111 Å². The number of halogens is 1. The molecular formula is C30H41ClN6O3. The Morgan fingerprint density at radius 3 is 2.75 bits per heavy atom. The van der Waals surface area contributed by atoms with Crippen LogP contribution < -0.4 is 30.7 Å². The third-order valence-electron chi connectivity index (χ3n) is 7.26. The standard InChI is InChI=1S/C30H41ClN6O3/c1-4-39-28-16-25-23(15-26(28)36-29(38)9-7-13-37(2)3)30(20(17-32)18-34-25)35-21-10-11-27(24(31)14-21)40-19-22-8-5-6-12-33-22/h10-11,14-16,20,22,30,33-35H,4-9,12-13,18-19H2,1-3H3,(H,36,38). The summed E-state index contributed by atoms with van der Waals surface area (Å²) in [4.78, 5) is 14.8. The van der Waals surface area contributed by atoms with E-state index in [1.54, 1.807) is 0 Å². The van der Waals surface area contributed by atoms with E-state index in [0.29, 0.717) is 54.4 Å². The molecule has 1 saturated heterocycles. The van der Waals surface area contributed by atoms with Gasteiger partial charge in [-0.15, -0.1) is 0 Å². The van der Waals surface area contributed by atoms with E-state index >= 15 is 0 Å². The number of amides is 1. The molecule has 1 amide bonds. The molecule has 3 unspecified atom stereocenters. The third kappa shape index (κ3) is 7.94. The van der Waals surface area contributed by atoms with Crippen molar-refractivity contribution in [2.75, 3.05) is 62.9 Å². The number of ether oxygens (including phenoxy) is 2. The van der Waals surface area contributed by atoms with E-state index in [2.05, 4.69) is 32.2 Å². The van der Waals surface area contributed by atoms with Crippen molar-refractivity contribution in [1.82, 2.24) is 10.2 Å². The molecule has 2 aromatic carbocycles. The van der Waals surface area contributed by atoms with Crippen LogP contribution in [0.3, 0.4) is 0 Å². The van der Waals surface area contributed by atoms with Gasteiger partial charge in [-0.05, 0) is 77.6 Å². The summed E-state index contributed by atoms with van der Waals surface area (Å²) in [7, 11) is 3.98. The van der Waals surface area contributed by atoms with Crippen molar-refractivity contribution >= 4 is 34.6 Å². The van der Waals surface area contributed by atoms with Crippen LogP contribution in [0.2, 0.25) is 5.02 Å². The number of nitrogens with one attached hydrogen (secondary N) is 4. The van der Waals surface area contributed by atoms with Crippen molar-refractivity contribution in [3.63, 3.8) is 0 Å². The first-order chi connectivity index (χ1) is 19.4. The molecule has 0 radical (unpaired) electrons. The summed E-state index contributed by atoms with van der Waals surface area (Å²) in [6.45, 7) is 5.29. The SMILES string of the molecule is CCOc1cc2c(cc1NC(=O)CCCN(C)C)C(Nc1ccc(OCC3CCCCN3)c(Cl)c1)C(C#N)CN2. The number of hydrogen-bond acceptors (Lipinski definition) is 8. The lowest BCUT2D eigenvalue weighted by Crippen LogP contribution is -2.38. The van der Waals surface area contributed by atoms with Gasteiger partial charge >= 0.3 is 0 Å². The molecule has 2 aromatic rings. The lowest BCUT2D eigenvalue weighted by atomic mass is 9.88. The largest absolute Gasteiger partial charge is 0.492 e. The van der Waals surface area contributed by atoms with Crippen LogP contribution in [-0.4, -0.2) is 63.8 Å². The highest BCUT2D eigenvalue weighted by Gasteiger charge is 2.31.